The number of hydrogen-bond acceptors (Lipinski definition) is 5. The Balaban J connectivity index is 2.05. The van der Waals surface area contributed by atoms with Gasteiger partial charge in [0.25, 0.3) is 5.91 Å². The van der Waals surface area contributed by atoms with E-state index >= 15 is 0 Å². The smallest absolute Gasteiger partial charge is 0.274 e. The number of carbonyl (C=O) groups is 1. The van der Waals surface area contributed by atoms with Gasteiger partial charge >= 0.3 is 0 Å². The van der Waals surface area contributed by atoms with Crippen LogP contribution in [-0.4, -0.2) is 36.1 Å². The number of para-hydroxylation sites is 1. The highest BCUT2D eigenvalue weighted by Crippen LogP contribution is 2.13. The topological polar surface area (TPSA) is 76.1 Å². The molecule has 1 aromatic heterocycles. The highest BCUT2D eigenvalue weighted by Gasteiger charge is 2.11. The van der Waals surface area contributed by atoms with Gasteiger partial charge in [0.15, 0.2) is 0 Å². The number of hydrogen-bond donors (Lipinski definition) is 2. The van der Waals surface area contributed by atoms with Crippen LogP contribution in [0.25, 0.3) is 0 Å². The Labute approximate surface area is 121 Å². The highest BCUT2D eigenvalue weighted by atomic mass is 19.1. The van der Waals surface area contributed by atoms with Crippen molar-refractivity contribution >= 4 is 17.5 Å². The van der Waals surface area contributed by atoms with E-state index in [0.717, 1.165) is 0 Å². The third-order valence-corrected chi connectivity index (χ3v) is 2.60. The number of methoxy groups -OCH3 is 1. The highest BCUT2D eigenvalue weighted by molar-refractivity contribution is 6.03. The molecule has 0 aliphatic rings. The van der Waals surface area contributed by atoms with E-state index in [1.54, 1.807) is 19.2 Å². The zero-order chi connectivity index (χ0) is 15.1. The number of ether oxygens (including phenoxy) is 1. The maximum atomic E-state index is 13.5. The third-order valence-electron chi connectivity index (χ3n) is 2.60. The van der Waals surface area contributed by atoms with E-state index in [1.165, 1.54) is 24.4 Å². The molecule has 2 N–H and O–H groups in total. The second-order valence-corrected chi connectivity index (χ2v) is 4.12. The second kappa shape index (κ2) is 7.30. The summed E-state index contributed by atoms with van der Waals surface area (Å²) >= 11 is 0. The second-order valence-electron chi connectivity index (χ2n) is 4.12. The molecule has 0 aliphatic heterocycles. The van der Waals surface area contributed by atoms with E-state index in [-0.39, 0.29) is 11.4 Å². The fourth-order valence-electron chi connectivity index (χ4n) is 1.58. The average molecular weight is 290 g/mol. The summed E-state index contributed by atoms with van der Waals surface area (Å²) < 4.78 is 18.4. The van der Waals surface area contributed by atoms with E-state index in [9.17, 15) is 9.18 Å². The van der Waals surface area contributed by atoms with Gasteiger partial charge in [-0.15, -0.1) is 0 Å². The van der Waals surface area contributed by atoms with Crippen molar-refractivity contribution in [3.05, 3.63) is 48.0 Å². The van der Waals surface area contributed by atoms with Crippen LogP contribution in [0.3, 0.4) is 0 Å². The molecule has 2 aromatic rings. The van der Waals surface area contributed by atoms with Crippen LogP contribution in [0.4, 0.5) is 16.0 Å². The lowest BCUT2D eigenvalue weighted by molar-refractivity contribution is 0.102. The lowest BCUT2D eigenvalue weighted by atomic mass is 10.3. The first-order chi connectivity index (χ1) is 10.2. The van der Waals surface area contributed by atoms with Crippen LogP contribution in [0.5, 0.6) is 0 Å². The minimum atomic E-state index is -0.503. The first kappa shape index (κ1) is 14.9. The Bertz CT molecular complexity index is 621. The molecule has 0 bridgehead atoms. The van der Waals surface area contributed by atoms with Gasteiger partial charge < -0.3 is 15.4 Å². The zero-order valence-corrected chi connectivity index (χ0v) is 11.5. The number of halogens is 1. The predicted octanol–water partition coefficient (Wildman–Crippen LogP) is 1.93. The Kier molecular flexibility index (Phi) is 5.16. The molecule has 0 spiro atoms. The summed E-state index contributed by atoms with van der Waals surface area (Å²) in [6.45, 7) is 1.02. The van der Waals surface area contributed by atoms with Crippen molar-refractivity contribution in [2.45, 2.75) is 0 Å². The molecule has 1 amide bonds. The predicted molar refractivity (Wildman–Crippen MR) is 76.8 cm³/mol. The largest absolute Gasteiger partial charge is 0.383 e. The van der Waals surface area contributed by atoms with Crippen molar-refractivity contribution < 1.29 is 13.9 Å². The summed E-state index contributed by atoms with van der Waals surface area (Å²) in [5.74, 6) is -0.691. The lowest BCUT2D eigenvalue weighted by Gasteiger charge is -2.07. The number of benzene rings is 1. The molecular formula is C14H15FN4O2. The Morgan fingerprint density at radius 2 is 2.14 bits per heavy atom. The number of aromatic nitrogens is 2. The van der Waals surface area contributed by atoms with E-state index in [4.69, 9.17) is 4.74 Å². The van der Waals surface area contributed by atoms with Crippen LogP contribution >= 0.6 is 0 Å². The monoisotopic (exact) mass is 290 g/mol. The van der Waals surface area contributed by atoms with E-state index in [0.29, 0.717) is 19.1 Å². The van der Waals surface area contributed by atoms with Crippen molar-refractivity contribution in [2.75, 3.05) is 30.9 Å². The van der Waals surface area contributed by atoms with Crippen molar-refractivity contribution in [2.24, 2.45) is 0 Å². The Morgan fingerprint density at radius 1 is 1.33 bits per heavy atom. The molecule has 0 atom stereocenters. The van der Waals surface area contributed by atoms with Crippen LogP contribution in [0.2, 0.25) is 0 Å². The van der Waals surface area contributed by atoms with Gasteiger partial charge in [-0.05, 0) is 18.2 Å². The maximum absolute atomic E-state index is 13.5. The van der Waals surface area contributed by atoms with Gasteiger partial charge in [0.2, 0.25) is 5.95 Å². The first-order valence-electron chi connectivity index (χ1n) is 6.32. The molecule has 6 nitrogen and oxygen atoms in total. The molecule has 0 unspecified atom stereocenters. The molecular weight excluding hydrogens is 275 g/mol. The summed E-state index contributed by atoms with van der Waals surface area (Å²) in [5, 5.41) is 5.38. The molecule has 21 heavy (non-hydrogen) atoms. The van der Waals surface area contributed by atoms with Crippen LogP contribution < -0.4 is 10.6 Å². The van der Waals surface area contributed by atoms with Gasteiger partial charge in [0.05, 0.1) is 12.3 Å². The minimum absolute atomic E-state index is 0.106. The van der Waals surface area contributed by atoms with Crippen LogP contribution in [0.1, 0.15) is 10.5 Å². The van der Waals surface area contributed by atoms with Gasteiger partial charge in [-0.1, -0.05) is 12.1 Å². The summed E-state index contributed by atoms with van der Waals surface area (Å²) in [6.07, 6.45) is 1.46. The number of nitrogens with one attached hydrogen (secondary N) is 2. The molecule has 0 fully saturated rings. The van der Waals surface area contributed by atoms with Gasteiger partial charge in [0, 0.05) is 19.9 Å². The van der Waals surface area contributed by atoms with Crippen LogP contribution in [0.15, 0.2) is 36.5 Å². The molecule has 1 heterocycles. The van der Waals surface area contributed by atoms with E-state index in [2.05, 4.69) is 20.6 Å². The van der Waals surface area contributed by atoms with Gasteiger partial charge in [0.1, 0.15) is 11.5 Å². The number of carbonyl (C=O) groups excluding carboxylic acids is 1. The maximum Gasteiger partial charge on any atom is 0.274 e. The van der Waals surface area contributed by atoms with E-state index in [1.807, 2.05) is 0 Å². The molecule has 7 heteroatoms. The van der Waals surface area contributed by atoms with Crippen molar-refractivity contribution in [3.63, 3.8) is 0 Å². The lowest BCUT2D eigenvalue weighted by Crippen LogP contribution is -2.17. The average Bonchev–Trinajstić information content (AvgIpc) is 2.50. The Morgan fingerprint density at radius 3 is 2.90 bits per heavy atom. The van der Waals surface area contributed by atoms with Crippen molar-refractivity contribution in [1.29, 1.82) is 0 Å². The standard InChI is InChI=1S/C14H15FN4O2/c1-21-9-8-17-14-16-7-6-12(19-14)13(20)18-11-5-3-2-4-10(11)15/h2-7H,8-9H2,1H3,(H,18,20)(H,16,17,19). The summed E-state index contributed by atoms with van der Waals surface area (Å²) in [5.41, 5.74) is 0.253. The number of amides is 1. The fraction of sp³-hybridized carbons (Fsp3) is 0.214. The van der Waals surface area contributed by atoms with Crippen molar-refractivity contribution in [1.82, 2.24) is 9.97 Å². The molecule has 0 radical (unpaired) electrons. The first-order valence-corrected chi connectivity index (χ1v) is 6.32. The normalized spacial score (nSPS) is 10.2. The molecule has 1 aromatic carbocycles. The van der Waals surface area contributed by atoms with Crippen LogP contribution in [-0.2, 0) is 4.74 Å². The molecule has 2 rings (SSSR count). The fourth-order valence-corrected chi connectivity index (χ4v) is 1.58. The minimum Gasteiger partial charge on any atom is -0.383 e. The molecule has 0 aliphatic carbocycles. The summed E-state index contributed by atoms with van der Waals surface area (Å²) in [4.78, 5) is 20.1. The summed E-state index contributed by atoms with van der Waals surface area (Å²) in [6, 6.07) is 7.39. The van der Waals surface area contributed by atoms with Gasteiger partial charge in [-0.25, -0.2) is 14.4 Å². The molecule has 0 saturated heterocycles. The SMILES string of the molecule is COCCNc1nccc(C(=O)Nc2ccccc2F)n1. The number of anilines is 2. The molecule has 0 saturated carbocycles. The quantitative estimate of drug-likeness (QED) is 0.795. The zero-order valence-electron chi connectivity index (χ0n) is 11.5. The van der Waals surface area contributed by atoms with E-state index < -0.39 is 11.7 Å². The van der Waals surface area contributed by atoms with Crippen molar-refractivity contribution in [3.8, 4) is 0 Å². The number of nitrogens with zero attached hydrogens (tertiary/aromatic N) is 2. The van der Waals surface area contributed by atoms with Gasteiger partial charge in [-0.2, -0.15) is 0 Å². The van der Waals surface area contributed by atoms with Gasteiger partial charge in [-0.3, -0.25) is 4.79 Å². The van der Waals surface area contributed by atoms with Crippen LogP contribution in [0, 0.1) is 5.82 Å². The number of rotatable bonds is 6. The molecule has 110 valence electrons. The Hall–Kier alpha value is -2.54. The summed E-state index contributed by atoms with van der Waals surface area (Å²) in [7, 11) is 1.58. The third kappa shape index (κ3) is 4.22.